The molecule has 0 fully saturated rings. The number of anilines is 1. The van der Waals surface area contributed by atoms with Crippen molar-refractivity contribution >= 4 is 51.3 Å². The second-order valence-electron chi connectivity index (χ2n) is 9.69. The fourth-order valence-electron chi connectivity index (χ4n) is 4.65. The molecule has 3 aromatic carbocycles. The van der Waals surface area contributed by atoms with E-state index in [1.165, 1.54) is 23.1 Å². The van der Waals surface area contributed by atoms with Gasteiger partial charge in [-0.15, -0.1) is 32.9 Å². The number of thiophene rings is 2. The summed E-state index contributed by atoms with van der Waals surface area (Å²) in [5.74, 6) is -0.0117. The summed E-state index contributed by atoms with van der Waals surface area (Å²) < 4.78 is 7.39. The van der Waals surface area contributed by atoms with E-state index in [9.17, 15) is 9.59 Å². The first-order valence-electron chi connectivity index (χ1n) is 14.0. The molecule has 0 aliphatic carbocycles. The fraction of sp³-hybridized carbons (Fsp3) is 0.118. The number of aromatic nitrogens is 3. The van der Waals surface area contributed by atoms with Crippen LogP contribution in [0, 0.1) is 0 Å². The van der Waals surface area contributed by atoms with Crippen LogP contribution in [-0.4, -0.2) is 33.2 Å². The minimum atomic E-state index is -0.677. The lowest BCUT2D eigenvalue weighted by Crippen LogP contribution is -2.20. The first-order valence-corrected chi connectivity index (χ1v) is 16.6. The molecule has 1 atom stereocenters. The van der Waals surface area contributed by atoms with E-state index in [1.54, 1.807) is 24.3 Å². The Morgan fingerprint density at radius 1 is 0.886 bits per heavy atom. The quantitative estimate of drug-likeness (QED) is 0.114. The van der Waals surface area contributed by atoms with Gasteiger partial charge < -0.3 is 10.1 Å². The molecule has 3 heterocycles. The molecule has 0 saturated heterocycles. The zero-order valence-electron chi connectivity index (χ0n) is 23.8. The Hall–Kier alpha value is -4.51. The molecular formula is C34H28N4O3S3. The normalized spacial score (nSPS) is 11.7. The van der Waals surface area contributed by atoms with Crippen LogP contribution in [0.25, 0.3) is 21.1 Å². The molecule has 0 aliphatic rings. The van der Waals surface area contributed by atoms with E-state index in [0.29, 0.717) is 22.3 Å². The van der Waals surface area contributed by atoms with E-state index in [-0.39, 0.29) is 12.5 Å². The van der Waals surface area contributed by atoms with Gasteiger partial charge >= 0.3 is 5.97 Å². The van der Waals surface area contributed by atoms with Gasteiger partial charge in [-0.3, -0.25) is 9.36 Å². The number of rotatable bonds is 11. The van der Waals surface area contributed by atoms with Crippen molar-refractivity contribution in [3.8, 4) is 21.1 Å². The molecule has 7 nitrogen and oxygen atoms in total. The number of thioether (sulfide) groups is 1. The fourth-order valence-corrected chi connectivity index (χ4v) is 7.45. The highest BCUT2D eigenvalue weighted by Gasteiger charge is 2.29. The Bertz CT molecular complexity index is 1840. The van der Waals surface area contributed by atoms with Crippen LogP contribution in [0.5, 0.6) is 0 Å². The maximum absolute atomic E-state index is 14.2. The van der Waals surface area contributed by atoms with E-state index in [1.807, 2.05) is 96.4 Å². The van der Waals surface area contributed by atoms with Gasteiger partial charge in [-0.25, -0.2) is 4.79 Å². The Labute approximate surface area is 267 Å². The Morgan fingerprint density at radius 2 is 1.59 bits per heavy atom. The zero-order chi connectivity index (χ0) is 30.3. The molecule has 6 rings (SSSR count). The number of nitrogens with zero attached hydrogens (tertiary/aromatic N) is 3. The largest absolute Gasteiger partial charge is 0.462 e. The van der Waals surface area contributed by atoms with Crippen LogP contribution in [0.15, 0.2) is 120 Å². The third-order valence-corrected chi connectivity index (χ3v) is 9.93. The summed E-state index contributed by atoms with van der Waals surface area (Å²) in [5.41, 5.74) is 3.18. The minimum Gasteiger partial charge on any atom is -0.462 e. The van der Waals surface area contributed by atoms with Gasteiger partial charge in [0.25, 0.3) is 0 Å². The van der Waals surface area contributed by atoms with Crippen molar-refractivity contribution in [1.29, 1.82) is 0 Å². The van der Waals surface area contributed by atoms with Gasteiger partial charge in [0.2, 0.25) is 5.91 Å². The lowest BCUT2D eigenvalue weighted by atomic mass is 10.1. The second kappa shape index (κ2) is 13.9. The van der Waals surface area contributed by atoms with E-state index in [4.69, 9.17) is 4.74 Å². The third kappa shape index (κ3) is 6.67. The summed E-state index contributed by atoms with van der Waals surface area (Å²) in [6, 6.07) is 35.2. The van der Waals surface area contributed by atoms with Crippen molar-refractivity contribution in [2.75, 3.05) is 11.9 Å². The second-order valence-corrected chi connectivity index (χ2v) is 12.8. The molecule has 0 radical (unpaired) electrons. The van der Waals surface area contributed by atoms with E-state index < -0.39 is 11.2 Å². The molecule has 44 heavy (non-hydrogen) atoms. The molecule has 0 bridgehead atoms. The molecule has 3 aromatic heterocycles. The molecule has 0 unspecified atom stereocenters. The summed E-state index contributed by atoms with van der Waals surface area (Å²) in [7, 11) is 0. The van der Waals surface area contributed by atoms with Crippen LogP contribution in [0.1, 0.15) is 33.7 Å². The molecule has 0 saturated carbocycles. The summed E-state index contributed by atoms with van der Waals surface area (Å²) in [5, 5.41) is 14.6. The molecule has 1 N–H and O–H groups in total. The van der Waals surface area contributed by atoms with Gasteiger partial charge in [-0.05, 0) is 41.1 Å². The van der Waals surface area contributed by atoms with Crippen LogP contribution in [0.4, 0.5) is 5.00 Å². The SMILES string of the molecule is CCOC(=O)c1cc(-c2ccccc2)sc1NC(=O)[C@H](Sc1nnc(-c2cccs2)n1Cc1ccccc1)c1ccccc1. The van der Waals surface area contributed by atoms with Gasteiger partial charge in [0, 0.05) is 4.88 Å². The maximum Gasteiger partial charge on any atom is 0.341 e. The summed E-state index contributed by atoms with van der Waals surface area (Å²) in [4.78, 5) is 29.0. The molecule has 10 heteroatoms. The lowest BCUT2D eigenvalue weighted by Gasteiger charge is -2.17. The molecule has 0 aliphatic heterocycles. The van der Waals surface area contributed by atoms with Crippen molar-refractivity contribution in [2.24, 2.45) is 0 Å². The zero-order valence-corrected chi connectivity index (χ0v) is 26.2. The highest BCUT2D eigenvalue weighted by atomic mass is 32.2. The van der Waals surface area contributed by atoms with E-state index in [2.05, 4.69) is 32.2 Å². The van der Waals surface area contributed by atoms with E-state index >= 15 is 0 Å². The Balaban J connectivity index is 1.36. The number of ether oxygens (including phenoxy) is 1. The first-order chi connectivity index (χ1) is 21.6. The average molecular weight is 637 g/mol. The molecule has 0 spiro atoms. The standard InChI is InChI=1S/C34H28N4O3S3/c1-2-41-33(40)26-21-28(24-15-8-4-9-16-24)43-32(26)35-31(39)29(25-17-10-5-11-18-25)44-34-37-36-30(27-19-12-20-42-27)38(34)22-23-13-6-3-7-14-23/h3-21,29H,2,22H2,1H3,(H,35,39)/t29-/m1/s1. The van der Waals surface area contributed by atoms with Crippen molar-refractivity contribution in [3.05, 3.63) is 131 Å². The third-order valence-electron chi connectivity index (χ3n) is 6.73. The van der Waals surface area contributed by atoms with E-state index in [0.717, 1.165) is 32.3 Å². The van der Waals surface area contributed by atoms with Crippen molar-refractivity contribution in [1.82, 2.24) is 14.8 Å². The highest BCUT2D eigenvalue weighted by Crippen LogP contribution is 2.40. The summed E-state index contributed by atoms with van der Waals surface area (Å²) in [6.07, 6.45) is 0. The van der Waals surface area contributed by atoms with Crippen LogP contribution in [0.3, 0.4) is 0 Å². The monoisotopic (exact) mass is 636 g/mol. The Morgan fingerprint density at radius 3 is 2.27 bits per heavy atom. The van der Waals surface area contributed by atoms with Gasteiger partial charge in [0.05, 0.1) is 23.6 Å². The number of hydrogen-bond donors (Lipinski definition) is 1. The highest BCUT2D eigenvalue weighted by molar-refractivity contribution is 8.00. The minimum absolute atomic E-state index is 0.231. The smallest absolute Gasteiger partial charge is 0.341 e. The van der Waals surface area contributed by atoms with Crippen LogP contribution in [-0.2, 0) is 16.1 Å². The predicted octanol–water partition coefficient (Wildman–Crippen LogP) is 8.43. The van der Waals surface area contributed by atoms with Gasteiger partial charge in [0.15, 0.2) is 11.0 Å². The van der Waals surface area contributed by atoms with Crippen molar-refractivity contribution < 1.29 is 14.3 Å². The molecule has 1 amide bonds. The van der Waals surface area contributed by atoms with Crippen molar-refractivity contribution in [3.63, 3.8) is 0 Å². The van der Waals surface area contributed by atoms with Crippen LogP contribution < -0.4 is 5.32 Å². The topological polar surface area (TPSA) is 86.1 Å². The number of carbonyl (C=O) groups excluding carboxylic acids is 2. The number of hydrogen-bond acceptors (Lipinski definition) is 8. The van der Waals surface area contributed by atoms with Crippen molar-refractivity contribution in [2.45, 2.75) is 23.9 Å². The van der Waals surface area contributed by atoms with Gasteiger partial charge in [-0.1, -0.05) is 109 Å². The first kappa shape index (κ1) is 29.6. The van der Waals surface area contributed by atoms with Gasteiger partial charge in [-0.2, -0.15) is 0 Å². The average Bonchev–Trinajstić information content (AvgIpc) is 3.82. The number of amides is 1. The lowest BCUT2D eigenvalue weighted by molar-refractivity contribution is -0.115. The van der Waals surface area contributed by atoms with Crippen LogP contribution >= 0.6 is 34.4 Å². The number of nitrogens with one attached hydrogen (secondary N) is 1. The number of benzene rings is 3. The molecule has 220 valence electrons. The summed E-state index contributed by atoms with van der Waals surface area (Å²) >= 11 is 4.27. The van der Waals surface area contributed by atoms with Crippen LogP contribution in [0.2, 0.25) is 0 Å². The Kier molecular flexibility index (Phi) is 9.31. The molecular weight excluding hydrogens is 609 g/mol. The van der Waals surface area contributed by atoms with Gasteiger partial charge in [0.1, 0.15) is 10.3 Å². The number of esters is 1. The summed E-state index contributed by atoms with van der Waals surface area (Å²) in [6.45, 7) is 2.54. The number of carbonyl (C=O) groups is 2. The molecule has 6 aromatic rings. The maximum atomic E-state index is 14.2. The predicted molar refractivity (Wildman–Crippen MR) is 178 cm³/mol.